The Kier molecular flexibility index (Phi) is 2.52. The number of rotatable bonds is 2. The molecule has 0 unspecified atom stereocenters. The van der Waals surface area contributed by atoms with Crippen molar-refractivity contribution in [1.82, 2.24) is 19.9 Å². The predicted molar refractivity (Wildman–Crippen MR) is 68.0 cm³/mol. The van der Waals surface area contributed by atoms with Crippen molar-refractivity contribution in [2.24, 2.45) is 0 Å². The second-order valence-corrected chi connectivity index (χ2v) is 3.89. The molecule has 1 aromatic carbocycles. The van der Waals surface area contributed by atoms with E-state index in [0.717, 1.165) is 0 Å². The normalized spacial score (nSPS) is 10.8. The first-order valence-corrected chi connectivity index (χ1v) is 5.50. The number of halogens is 1. The summed E-state index contributed by atoms with van der Waals surface area (Å²) in [6.07, 6.45) is -0.850. The summed E-state index contributed by atoms with van der Waals surface area (Å²) < 4.78 is 18.6. The highest BCUT2D eigenvalue weighted by Gasteiger charge is 2.13. The Balaban J connectivity index is 2.28. The van der Waals surface area contributed by atoms with Gasteiger partial charge in [0, 0.05) is 5.56 Å². The molecule has 0 fully saturated rings. The van der Waals surface area contributed by atoms with E-state index in [0.29, 0.717) is 22.5 Å². The Morgan fingerprint density at radius 2 is 2.11 bits per heavy atom. The van der Waals surface area contributed by atoms with Crippen LogP contribution in [-0.2, 0) is 0 Å². The van der Waals surface area contributed by atoms with E-state index in [1.807, 2.05) is 0 Å². The SMILES string of the molecule is COc1cccc(-c2nc(F)nc3nc(N)[nH]c23)c1. The van der Waals surface area contributed by atoms with Crippen LogP contribution in [-0.4, -0.2) is 27.0 Å². The first-order chi connectivity index (χ1) is 9.17. The van der Waals surface area contributed by atoms with Crippen LogP contribution in [0.4, 0.5) is 10.3 Å². The zero-order valence-corrected chi connectivity index (χ0v) is 10.0. The van der Waals surface area contributed by atoms with E-state index in [1.165, 1.54) is 0 Å². The summed E-state index contributed by atoms with van der Waals surface area (Å²) in [6.45, 7) is 0. The van der Waals surface area contributed by atoms with E-state index in [4.69, 9.17) is 10.5 Å². The largest absolute Gasteiger partial charge is 0.497 e. The van der Waals surface area contributed by atoms with Crippen molar-refractivity contribution in [3.8, 4) is 17.0 Å². The maximum absolute atomic E-state index is 13.4. The number of hydrogen-bond donors (Lipinski definition) is 2. The molecule has 2 aromatic heterocycles. The highest BCUT2D eigenvalue weighted by Crippen LogP contribution is 2.27. The molecule has 3 N–H and O–H groups in total. The summed E-state index contributed by atoms with van der Waals surface area (Å²) in [5.74, 6) is 0.816. The highest BCUT2D eigenvalue weighted by molar-refractivity contribution is 5.88. The van der Waals surface area contributed by atoms with Gasteiger partial charge in [-0.15, -0.1) is 0 Å². The quantitative estimate of drug-likeness (QED) is 0.684. The molecule has 0 radical (unpaired) electrons. The van der Waals surface area contributed by atoms with Gasteiger partial charge in [-0.05, 0) is 12.1 Å². The third-order valence-corrected chi connectivity index (χ3v) is 2.69. The fourth-order valence-electron chi connectivity index (χ4n) is 1.87. The van der Waals surface area contributed by atoms with Crippen LogP contribution in [0.15, 0.2) is 24.3 Å². The second-order valence-electron chi connectivity index (χ2n) is 3.89. The van der Waals surface area contributed by atoms with Crippen molar-refractivity contribution in [3.05, 3.63) is 30.3 Å². The van der Waals surface area contributed by atoms with Gasteiger partial charge in [-0.2, -0.15) is 19.3 Å². The Bertz CT molecular complexity index is 755. The van der Waals surface area contributed by atoms with Gasteiger partial charge in [0.05, 0.1) is 7.11 Å². The number of imidazole rings is 1. The molecule has 2 heterocycles. The number of nitrogens with one attached hydrogen (secondary N) is 1. The number of aromatic amines is 1. The molecule has 6 nitrogen and oxygen atoms in total. The van der Waals surface area contributed by atoms with Crippen molar-refractivity contribution >= 4 is 17.1 Å². The summed E-state index contributed by atoms with van der Waals surface area (Å²) >= 11 is 0. The number of nitrogen functional groups attached to an aromatic ring is 1. The van der Waals surface area contributed by atoms with Crippen LogP contribution in [0.1, 0.15) is 0 Å². The van der Waals surface area contributed by atoms with E-state index >= 15 is 0 Å². The minimum absolute atomic E-state index is 0.166. The topological polar surface area (TPSA) is 89.7 Å². The number of ether oxygens (including phenoxy) is 1. The molecule has 0 atom stereocenters. The average Bonchev–Trinajstić information content (AvgIpc) is 2.78. The summed E-state index contributed by atoms with van der Waals surface area (Å²) in [7, 11) is 1.56. The lowest BCUT2D eigenvalue weighted by atomic mass is 10.1. The standard InChI is InChI=1S/C12H10FN5O/c1-19-7-4-2-3-6(5-7)8-9-10(17-11(13)15-8)18-12(14)16-9/h2-5H,1H3,(H3,14,15,16,17,18). The van der Waals surface area contributed by atoms with Crippen molar-refractivity contribution in [2.75, 3.05) is 12.8 Å². The van der Waals surface area contributed by atoms with Crippen LogP contribution in [0.5, 0.6) is 5.75 Å². The van der Waals surface area contributed by atoms with Crippen LogP contribution >= 0.6 is 0 Å². The predicted octanol–water partition coefficient (Wildman–Crippen LogP) is 1.75. The lowest BCUT2D eigenvalue weighted by molar-refractivity contribution is 0.415. The van der Waals surface area contributed by atoms with Gasteiger partial charge >= 0.3 is 6.08 Å². The smallest absolute Gasteiger partial charge is 0.311 e. The molecule has 0 aliphatic carbocycles. The van der Waals surface area contributed by atoms with Crippen LogP contribution < -0.4 is 10.5 Å². The van der Waals surface area contributed by atoms with Gasteiger partial charge < -0.3 is 15.5 Å². The number of hydrogen-bond acceptors (Lipinski definition) is 5. The van der Waals surface area contributed by atoms with E-state index in [-0.39, 0.29) is 11.6 Å². The first kappa shape index (κ1) is 11.4. The summed E-state index contributed by atoms with van der Waals surface area (Å²) in [4.78, 5) is 14.1. The zero-order valence-electron chi connectivity index (χ0n) is 10.0. The monoisotopic (exact) mass is 259 g/mol. The van der Waals surface area contributed by atoms with Gasteiger partial charge in [0.1, 0.15) is 17.0 Å². The molecule has 0 saturated carbocycles. The molecular formula is C12H10FN5O. The number of benzene rings is 1. The fourth-order valence-corrected chi connectivity index (χ4v) is 1.87. The molecule has 19 heavy (non-hydrogen) atoms. The van der Waals surface area contributed by atoms with Crippen LogP contribution in [0.3, 0.4) is 0 Å². The molecule has 7 heteroatoms. The van der Waals surface area contributed by atoms with Gasteiger partial charge in [0.15, 0.2) is 11.6 Å². The maximum atomic E-state index is 13.4. The molecule has 3 aromatic rings. The van der Waals surface area contributed by atoms with Gasteiger partial charge in [0.2, 0.25) is 0 Å². The summed E-state index contributed by atoms with van der Waals surface area (Å²) in [5.41, 5.74) is 7.34. The number of methoxy groups -OCH3 is 1. The lowest BCUT2D eigenvalue weighted by Crippen LogP contribution is -1.95. The fraction of sp³-hybridized carbons (Fsp3) is 0.0833. The number of nitrogens with zero attached hydrogens (tertiary/aromatic N) is 3. The molecule has 0 saturated heterocycles. The number of nitrogens with two attached hydrogens (primary N) is 1. The third kappa shape index (κ3) is 1.95. The summed E-state index contributed by atoms with van der Waals surface area (Å²) in [6, 6.07) is 7.12. The van der Waals surface area contributed by atoms with Gasteiger partial charge in [-0.3, -0.25) is 0 Å². The highest BCUT2D eigenvalue weighted by atomic mass is 19.1. The number of fused-ring (bicyclic) bond motifs is 1. The second kappa shape index (κ2) is 4.20. The average molecular weight is 259 g/mol. The lowest BCUT2D eigenvalue weighted by Gasteiger charge is -2.04. The summed E-state index contributed by atoms with van der Waals surface area (Å²) in [5, 5.41) is 0. The van der Waals surface area contributed by atoms with Gasteiger partial charge in [0.25, 0.3) is 0 Å². The van der Waals surface area contributed by atoms with Crippen LogP contribution in [0, 0.1) is 6.08 Å². The molecular weight excluding hydrogens is 249 g/mol. The minimum atomic E-state index is -0.850. The van der Waals surface area contributed by atoms with Crippen molar-refractivity contribution in [2.45, 2.75) is 0 Å². The maximum Gasteiger partial charge on any atom is 0.311 e. The van der Waals surface area contributed by atoms with Crippen molar-refractivity contribution in [3.63, 3.8) is 0 Å². The van der Waals surface area contributed by atoms with E-state index < -0.39 is 6.08 Å². The third-order valence-electron chi connectivity index (χ3n) is 2.69. The van der Waals surface area contributed by atoms with Gasteiger partial charge in [-0.25, -0.2) is 0 Å². The van der Waals surface area contributed by atoms with E-state index in [9.17, 15) is 4.39 Å². The Morgan fingerprint density at radius 3 is 2.89 bits per heavy atom. The molecule has 0 spiro atoms. The van der Waals surface area contributed by atoms with Gasteiger partial charge in [-0.1, -0.05) is 12.1 Å². The number of anilines is 1. The van der Waals surface area contributed by atoms with Crippen molar-refractivity contribution < 1.29 is 9.13 Å². The molecule has 0 aliphatic rings. The molecule has 3 rings (SSSR count). The van der Waals surface area contributed by atoms with Crippen molar-refractivity contribution in [1.29, 1.82) is 0 Å². The Hall–Kier alpha value is -2.70. The minimum Gasteiger partial charge on any atom is -0.497 e. The van der Waals surface area contributed by atoms with E-state index in [1.54, 1.807) is 31.4 Å². The molecule has 0 bridgehead atoms. The van der Waals surface area contributed by atoms with E-state index in [2.05, 4.69) is 19.9 Å². The molecule has 0 amide bonds. The number of H-pyrrole nitrogens is 1. The Labute approximate surface area is 107 Å². The van der Waals surface area contributed by atoms with Crippen LogP contribution in [0.25, 0.3) is 22.4 Å². The Morgan fingerprint density at radius 1 is 1.26 bits per heavy atom. The molecule has 0 aliphatic heterocycles. The van der Waals surface area contributed by atoms with Crippen LogP contribution in [0.2, 0.25) is 0 Å². The first-order valence-electron chi connectivity index (χ1n) is 5.50. The molecule has 96 valence electrons. The zero-order chi connectivity index (χ0) is 13.4. The number of aromatic nitrogens is 4.